The summed E-state index contributed by atoms with van der Waals surface area (Å²) in [5.41, 5.74) is 0.864. The number of alkyl halides is 4. The smallest absolute Gasteiger partial charge is 0.351 e. The van der Waals surface area contributed by atoms with Crippen molar-refractivity contribution in [1.82, 2.24) is 14.3 Å². The molecule has 1 N–H and O–H groups in total. The zero-order chi connectivity index (χ0) is 28.5. The van der Waals surface area contributed by atoms with Gasteiger partial charge in [-0.2, -0.15) is 17.5 Å². The average molecular weight is 568 g/mol. The second kappa shape index (κ2) is 10.7. The lowest BCUT2D eigenvalue weighted by Gasteiger charge is -2.23. The van der Waals surface area contributed by atoms with Crippen molar-refractivity contribution >= 4 is 45.2 Å². The molecule has 2 aliphatic rings. The Kier molecular flexibility index (Phi) is 7.67. The summed E-state index contributed by atoms with van der Waals surface area (Å²) in [5.74, 6) is -0.994. The van der Waals surface area contributed by atoms with E-state index in [0.29, 0.717) is 9.87 Å². The summed E-state index contributed by atoms with van der Waals surface area (Å²) in [7, 11) is -4.33. The Balaban J connectivity index is 1.58. The number of nitrogens with zero attached hydrogens (tertiary/aromatic N) is 3. The molecular formula is C25H20F5N4O4S+. The molecule has 8 nitrogen and oxygen atoms in total. The third kappa shape index (κ3) is 6.04. The van der Waals surface area contributed by atoms with Gasteiger partial charge in [-0.05, 0) is 53.4 Å². The highest BCUT2D eigenvalue weighted by atomic mass is 32.2. The van der Waals surface area contributed by atoms with Crippen LogP contribution in [0.3, 0.4) is 0 Å². The molecule has 0 aromatic heterocycles. The van der Waals surface area contributed by atoms with Crippen molar-refractivity contribution in [3.05, 3.63) is 65.0 Å². The Bertz CT molecular complexity index is 1570. The van der Waals surface area contributed by atoms with E-state index in [1.54, 1.807) is 0 Å². The second-order valence-corrected chi connectivity index (χ2v) is 10.6. The third-order valence-electron chi connectivity index (χ3n) is 6.03. The Labute approximate surface area is 219 Å². The number of benzene rings is 2. The summed E-state index contributed by atoms with van der Waals surface area (Å²) < 4.78 is 95.8. The van der Waals surface area contributed by atoms with Gasteiger partial charge in [-0.25, -0.2) is 17.2 Å². The minimum absolute atomic E-state index is 0.0957. The predicted molar refractivity (Wildman–Crippen MR) is 132 cm³/mol. The number of ketones is 1. The standard InChI is InChI=1S/C25H19F5N4O4S/c1-14(35)21-7-2-15(17-11-32-24(33-12-17)25(28,29)30)8-16(21)10-31-23(36)22-9-19(27)13-34(22)39(37,38)20-5-3-18(26)4-6-20/h2-8,11,19,22H,9-10,13H2,1H3/p+1/t19-,22+/m1/s1. The van der Waals surface area contributed by atoms with Crippen LogP contribution in [0.25, 0.3) is 5.57 Å². The molecule has 2 aromatic carbocycles. The van der Waals surface area contributed by atoms with Gasteiger partial charge in [-0.1, -0.05) is 12.1 Å². The van der Waals surface area contributed by atoms with Crippen LogP contribution >= 0.6 is 0 Å². The maximum Gasteiger partial charge on any atom is 0.517 e. The van der Waals surface area contributed by atoms with E-state index >= 15 is 0 Å². The number of allylic oxidation sites excluding steroid dienone is 1. The van der Waals surface area contributed by atoms with Gasteiger partial charge in [-0.3, -0.25) is 9.59 Å². The van der Waals surface area contributed by atoms with E-state index in [4.69, 9.17) is 0 Å². The lowest BCUT2D eigenvalue weighted by molar-refractivity contribution is -0.124. The number of amides is 1. The number of hydrogen-bond acceptors (Lipinski definition) is 5. The van der Waals surface area contributed by atoms with Gasteiger partial charge in [0.15, 0.2) is 17.9 Å². The van der Waals surface area contributed by atoms with Crippen LogP contribution < -0.4 is 9.98 Å². The van der Waals surface area contributed by atoms with Crippen LogP contribution in [0.5, 0.6) is 0 Å². The van der Waals surface area contributed by atoms with E-state index in [2.05, 4.69) is 20.8 Å². The van der Waals surface area contributed by atoms with Gasteiger partial charge in [0.2, 0.25) is 15.9 Å². The first kappa shape index (κ1) is 28.1. The number of aliphatic imine (C=N–C) groups is 1. The molecule has 2 heterocycles. The summed E-state index contributed by atoms with van der Waals surface area (Å²) in [6, 6.07) is 6.76. The minimum Gasteiger partial charge on any atom is -0.351 e. The Morgan fingerprint density at radius 3 is 2.46 bits per heavy atom. The van der Waals surface area contributed by atoms with Crippen molar-refractivity contribution in [3.8, 4) is 0 Å². The molecule has 39 heavy (non-hydrogen) atoms. The molecular weight excluding hydrogens is 547 g/mol. The molecule has 2 aliphatic heterocycles. The monoisotopic (exact) mass is 567 g/mol. The number of Topliss-reactive ketones (excluding diaryl/α,β-unsaturated/α-hetero) is 1. The SMILES string of the molecule is CC(=O)c1ccc(C2=C=[N+]=C(C(F)(F)F)N=C2)cc1CNC(=O)[C@@H]1C[C@@H](F)CN1S(=O)(=O)c1ccc(F)cc1. The van der Waals surface area contributed by atoms with Crippen LogP contribution in [0.2, 0.25) is 0 Å². The highest BCUT2D eigenvalue weighted by molar-refractivity contribution is 7.89. The molecule has 204 valence electrons. The van der Waals surface area contributed by atoms with E-state index in [1.807, 2.05) is 0 Å². The first-order valence-corrected chi connectivity index (χ1v) is 12.9. The molecule has 2 atom stereocenters. The third-order valence-corrected chi connectivity index (χ3v) is 7.92. The maximum absolute atomic E-state index is 14.3. The zero-order valence-corrected chi connectivity index (χ0v) is 21.0. The zero-order valence-electron chi connectivity index (χ0n) is 20.2. The Morgan fingerprint density at radius 1 is 1.18 bits per heavy atom. The summed E-state index contributed by atoms with van der Waals surface area (Å²) >= 11 is 0. The molecule has 4 rings (SSSR count). The van der Waals surface area contributed by atoms with Gasteiger partial charge in [0.25, 0.3) is 0 Å². The van der Waals surface area contributed by atoms with Crippen LogP contribution in [-0.2, 0) is 21.4 Å². The molecule has 1 amide bonds. The number of rotatable bonds is 7. The molecule has 0 spiro atoms. The van der Waals surface area contributed by atoms with Crippen LogP contribution in [0.15, 0.2) is 52.4 Å². The van der Waals surface area contributed by atoms with Crippen molar-refractivity contribution in [2.45, 2.75) is 43.2 Å². The van der Waals surface area contributed by atoms with Gasteiger partial charge in [-0.15, -0.1) is 4.67 Å². The first-order valence-electron chi connectivity index (χ1n) is 11.4. The van der Waals surface area contributed by atoms with Gasteiger partial charge >= 0.3 is 12.0 Å². The molecule has 0 saturated carbocycles. The van der Waals surface area contributed by atoms with Crippen molar-refractivity contribution < 1.29 is 40.0 Å². The largest absolute Gasteiger partial charge is 0.517 e. The molecule has 0 unspecified atom stereocenters. The Hall–Kier alpha value is -3.96. The van der Waals surface area contributed by atoms with Crippen molar-refractivity contribution in [2.75, 3.05) is 6.54 Å². The first-order chi connectivity index (χ1) is 18.3. The predicted octanol–water partition coefficient (Wildman–Crippen LogP) is 2.61. The van der Waals surface area contributed by atoms with E-state index in [-0.39, 0.29) is 33.9 Å². The summed E-state index contributed by atoms with van der Waals surface area (Å²) in [6.07, 6.45) is -5.87. The normalized spacial score (nSPS) is 19.5. The van der Waals surface area contributed by atoms with Crippen LogP contribution in [0, 0.1) is 5.82 Å². The summed E-state index contributed by atoms with van der Waals surface area (Å²) in [6.45, 7) is 0.423. The summed E-state index contributed by atoms with van der Waals surface area (Å²) in [4.78, 5) is 28.1. The number of nitrogens with one attached hydrogen (secondary N) is 1. The molecule has 14 heteroatoms. The number of halogens is 5. The quantitative estimate of drug-likeness (QED) is 0.315. The lowest BCUT2D eigenvalue weighted by Crippen LogP contribution is -2.45. The molecule has 0 aliphatic carbocycles. The van der Waals surface area contributed by atoms with Gasteiger partial charge in [0.1, 0.15) is 23.6 Å². The lowest BCUT2D eigenvalue weighted by atomic mass is 9.98. The van der Waals surface area contributed by atoms with Gasteiger partial charge < -0.3 is 5.32 Å². The fourth-order valence-electron chi connectivity index (χ4n) is 4.13. The number of hydrogen-bond donors (Lipinski definition) is 1. The molecule has 0 bridgehead atoms. The topological polar surface area (TPSA) is 110 Å². The molecule has 2 aromatic rings. The van der Waals surface area contributed by atoms with Crippen LogP contribution in [0.4, 0.5) is 22.0 Å². The van der Waals surface area contributed by atoms with Crippen molar-refractivity contribution in [2.24, 2.45) is 4.99 Å². The van der Waals surface area contributed by atoms with E-state index in [1.165, 1.54) is 25.1 Å². The number of carbonyl (C=O) groups excluding carboxylic acids is 2. The highest BCUT2D eigenvalue weighted by Gasteiger charge is 2.47. The molecule has 1 saturated heterocycles. The number of sulfonamides is 1. The van der Waals surface area contributed by atoms with Crippen molar-refractivity contribution in [1.29, 1.82) is 0 Å². The second-order valence-electron chi connectivity index (χ2n) is 8.74. The van der Waals surface area contributed by atoms with Crippen molar-refractivity contribution in [3.63, 3.8) is 0 Å². The number of carbonyl (C=O) groups is 2. The fourth-order valence-corrected chi connectivity index (χ4v) is 5.75. The fraction of sp³-hybridized carbons (Fsp3) is 0.280. The maximum atomic E-state index is 14.3. The Morgan fingerprint density at radius 2 is 1.87 bits per heavy atom. The summed E-state index contributed by atoms with van der Waals surface area (Å²) in [5, 5.41) is 2.51. The number of amidine groups is 1. The van der Waals surface area contributed by atoms with E-state index in [0.717, 1.165) is 30.5 Å². The molecule has 1 fully saturated rings. The van der Waals surface area contributed by atoms with Crippen LogP contribution in [0.1, 0.15) is 34.8 Å². The average Bonchev–Trinajstić information content (AvgIpc) is 3.29. The van der Waals surface area contributed by atoms with E-state index in [9.17, 15) is 40.0 Å². The minimum atomic E-state index is -4.75. The molecule has 0 radical (unpaired) electrons. The highest BCUT2D eigenvalue weighted by Crippen LogP contribution is 2.28. The van der Waals surface area contributed by atoms with E-state index < -0.39 is 58.9 Å². The van der Waals surface area contributed by atoms with Gasteiger partial charge in [0.05, 0.1) is 4.90 Å². The van der Waals surface area contributed by atoms with Crippen LogP contribution in [-0.4, -0.2) is 67.3 Å². The van der Waals surface area contributed by atoms with Gasteiger partial charge in [0, 0.05) is 25.1 Å².